The highest BCUT2D eigenvalue weighted by Gasteiger charge is 2.54. The van der Waals surface area contributed by atoms with Crippen LogP contribution in [0.1, 0.15) is 53.9 Å². The maximum absolute atomic E-state index is 14.5. The van der Waals surface area contributed by atoms with Gasteiger partial charge in [-0.1, -0.05) is 30.3 Å². The second kappa shape index (κ2) is 13.4. The van der Waals surface area contributed by atoms with Crippen molar-refractivity contribution in [3.63, 3.8) is 0 Å². The number of morpholine rings is 1. The molecule has 0 N–H and O–H groups in total. The third kappa shape index (κ3) is 6.47. The molecule has 2 atom stereocenters. The van der Waals surface area contributed by atoms with E-state index in [0.717, 1.165) is 63.4 Å². The van der Waals surface area contributed by atoms with Gasteiger partial charge in [-0.05, 0) is 68.1 Å². The summed E-state index contributed by atoms with van der Waals surface area (Å²) in [5, 5.41) is 8.09. The number of carbonyl (C=O) groups is 1. The zero-order valence-electron chi connectivity index (χ0n) is 28.1. The zero-order chi connectivity index (χ0) is 34.4. The summed E-state index contributed by atoms with van der Waals surface area (Å²) in [5.41, 5.74) is 3.77. The van der Waals surface area contributed by atoms with Crippen molar-refractivity contribution >= 4 is 23.3 Å². The highest BCUT2D eigenvalue weighted by atomic mass is 35.5. The molecule has 1 amide bonds. The van der Waals surface area contributed by atoms with E-state index in [9.17, 15) is 9.18 Å². The maximum Gasteiger partial charge on any atom is 0.282 e. The SMILES string of the molecule is C[C@@H]1COC[C@@H](C)N1C(=O)c1cc(F)ccc1Oc1nnc(Cl)nc1N1CC2(CC(Oc3ccnc4c3CN(Cc3ccccc3)CC4)C2)C1. The first-order valence-electron chi connectivity index (χ1n) is 17.2. The van der Waals surface area contributed by atoms with E-state index >= 15 is 0 Å². The molecule has 0 bridgehead atoms. The number of hydrogen-bond donors (Lipinski definition) is 0. The molecule has 5 heterocycles. The smallest absolute Gasteiger partial charge is 0.282 e. The van der Waals surface area contributed by atoms with Gasteiger partial charge in [-0.15, -0.1) is 10.2 Å². The highest BCUT2D eigenvalue weighted by Crippen LogP contribution is 2.52. The molecule has 3 fully saturated rings. The highest BCUT2D eigenvalue weighted by molar-refractivity contribution is 6.28. The van der Waals surface area contributed by atoms with E-state index in [1.165, 1.54) is 29.3 Å². The Morgan fingerprint density at radius 3 is 2.60 bits per heavy atom. The van der Waals surface area contributed by atoms with Gasteiger partial charge in [0.2, 0.25) is 5.28 Å². The number of pyridine rings is 1. The van der Waals surface area contributed by atoms with Crippen LogP contribution in [0.4, 0.5) is 10.2 Å². The molecule has 1 aliphatic carbocycles. The third-order valence-electron chi connectivity index (χ3n) is 10.3. The Labute approximate surface area is 295 Å². The fraction of sp³-hybridized carbons (Fsp3) is 0.432. The largest absolute Gasteiger partial charge is 0.490 e. The van der Waals surface area contributed by atoms with Crippen molar-refractivity contribution in [3.05, 3.63) is 94.3 Å². The Balaban J connectivity index is 0.929. The van der Waals surface area contributed by atoms with Crippen molar-refractivity contribution in [1.82, 2.24) is 30.0 Å². The van der Waals surface area contributed by atoms with Gasteiger partial charge in [0.25, 0.3) is 11.8 Å². The number of rotatable bonds is 8. The van der Waals surface area contributed by atoms with Crippen LogP contribution in [0.3, 0.4) is 0 Å². The lowest BCUT2D eigenvalue weighted by atomic mass is 9.61. The normalized spacial score (nSPS) is 21.7. The van der Waals surface area contributed by atoms with Gasteiger partial charge in [-0.25, -0.2) is 4.39 Å². The molecular formula is C37H39ClFN7O4. The van der Waals surface area contributed by atoms with Crippen LogP contribution in [0.5, 0.6) is 17.4 Å². The molecule has 4 aromatic rings. The van der Waals surface area contributed by atoms with Gasteiger partial charge >= 0.3 is 0 Å². The van der Waals surface area contributed by atoms with Crippen LogP contribution in [-0.4, -0.2) is 86.9 Å². The molecule has 4 aliphatic rings. The number of halogens is 2. The van der Waals surface area contributed by atoms with E-state index in [4.69, 9.17) is 25.8 Å². The molecule has 2 aromatic heterocycles. The Hall–Kier alpha value is -4.39. The fourth-order valence-electron chi connectivity index (χ4n) is 7.86. The molecule has 1 saturated carbocycles. The van der Waals surface area contributed by atoms with Crippen molar-refractivity contribution in [2.45, 2.75) is 64.4 Å². The minimum absolute atomic E-state index is 0.0155. The second-order valence-corrected chi connectivity index (χ2v) is 14.4. The van der Waals surface area contributed by atoms with Gasteiger partial charge < -0.3 is 24.0 Å². The summed E-state index contributed by atoms with van der Waals surface area (Å²) >= 11 is 6.21. The molecule has 11 nitrogen and oxygen atoms in total. The van der Waals surface area contributed by atoms with E-state index in [2.05, 4.69) is 54.2 Å². The van der Waals surface area contributed by atoms with Gasteiger partial charge in [0.05, 0.1) is 30.9 Å². The Kier molecular flexibility index (Phi) is 8.78. The number of amides is 1. The summed E-state index contributed by atoms with van der Waals surface area (Å²) in [6.07, 6.45) is 4.68. The van der Waals surface area contributed by atoms with Crippen molar-refractivity contribution in [3.8, 4) is 17.4 Å². The van der Waals surface area contributed by atoms with Gasteiger partial charge in [0, 0.05) is 62.0 Å². The average molecular weight is 700 g/mol. The lowest BCUT2D eigenvalue weighted by molar-refractivity contribution is -0.0353. The number of carbonyl (C=O) groups excluding carboxylic acids is 1. The molecule has 1 spiro atoms. The first-order chi connectivity index (χ1) is 24.2. The third-order valence-corrected chi connectivity index (χ3v) is 10.4. The van der Waals surface area contributed by atoms with Gasteiger partial charge in [0.15, 0.2) is 5.82 Å². The van der Waals surface area contributed by atoms with Crippen molar-refractivity contribution < 1.29 is 23.4 Å². The molecule has 50 heavy (non-hydrogen) atoms. The Morgan fingerprint density at radius 2 is 1.82 bits per heavy atom. The molecule has 8 rings (SSSR count). The molecule has 260 valence electrons. The van der Waals surface area contributed by atoms with Crippen LogP contribution >= 0.6 is 11.6 Å². The molecule has 0 unspecified atom stereocenters. The second-order valence-electron chi connectivity index (χ2n) is 14.1. The van der Waals surface area contributed by atoms with Crippen LogP contribution < -0.4 is 14.4 Å². The van der Waals surface area contributed by atoms with Crippen molar-refractivity contribution in [2.24, 2.45) is 5.41 Å². The van der Waals surface area contributed by atoms with Gasteiger partial charge in [0.1, 0.15) is 23.4 Å². The van der Waals surface area contributed by atoms with Gasteiger partial charge in [-0.2, -0.15) is 4.98 Å². The summed E-state index contributed by atoms with van der Waals surface area (Å²) in [6.45, 7) is 8.73. The standard InChI is InChI=1S/C37H39ClFN7O4/c1-23-19-48-20-24(2)46(23)35(47)28-14-26(39)8-9-31(28)50-34-33(41-36(38)43-42-34)45-21-37(22-45)15-27(16-37)49-32-10-12-40-30-11-13-44(18-29(30)32)17-25-6-4-3-5-7-25/h3-10,12,14,23-24,27H,11,13,15-22H2,1-2H3/t23-,24-/m1/s1. The Morgan fingerprint density at radius 1 is 1.04 bits per heavy atom. The summed E-state index contributed by atoms with van der Waals surface area (Å²) in [7, 11) is 0. The molecule has 13 heteroatoms. The summed E-state index contributed by atoms with van der Waals surface area (Å²) < 4.78 is 32.9. The molecule has 2 saturated heterocycles. The van der Waals surface area contributed by atoms with Crippen molar-refractivity contribution in [1.29, 1.82) is 0 Å². The average Bonchev–Trinajstić information content (AvgIpc) is 3.07. The zero-order valence-corrected chi connectivity index (χ0v) is 28.9. The minimum Gasteiger partial charge on any atom is -0.490 e. The molecule has 0 radical (unpaired) electrons. The number of fused-ring (bicyclic) bond motifs is 1. The first-order valence-corrected chi connectivity index (χ1v) is 17.5. The quantitative estimate of drug-likeness (QED) is 0.227. The topological polar surface area (TPSA) is 106 Å². The number of benzene rings is 2. The summed E-state index contributed by atoms with van der Waals surface area (Å²) in [4.78, 5) is 29.0. The number of aromatic nitrogens is 4. The van der Waals surface area contributed by atoms with Crippen LogP contribution in [0.25, 0.3) is 0 Å². The van der Waals surface area contributed by atoms with Crippen LogP contribution in [0, 0.1) is 11.2 Å². The van der Waals surface area contributed by atoms with E-state index in [-0.39, 0.29) is 52.0 Å². The van der Waals surface area contributed by atoms with Gasteiger partial charge in [-0.3, -0.25) is 14.7 Å². The molecular weight excluding hydrogens is 661 g/mol. The van der Waals surface area contributed by atoms with E-state index in [0.29, 0.717) is 19.0 Å². The van der Waals surface area contributed by atoms with E-state index in [1.54, 1.807) is 4.90 Å². The minimum atomic E-state index is -0.543. The number of nitrogens with zero attached hydrogens (tertiary/aromatic N) is 7. The van der Waals surface area contributed by atoms with Crippen LogP contribution in [0.15, 0.2) is 60.8 Å². The number of ether oxygens (including phenoxy) is 3. The fourth-order valence-corrected chi connectivity index (χ4v) is 7.98. The predicted molar refractivity (Wildman–Crippen MR) is 184 cm³/mol. The maximum atomic E-state index is 14.5. The Bertz CT molecular complexity index is 1880. The summed E-state index contributed by atoms with van der Waals surface area (Å²) in [5.74, 6) is 0.732. The van der Waals surface area contributed by atoms with Crippen LogP contribution in [-0.2, 0) is 24.2 Å². The van der Waals surface area contributed by atoms with Crippen molar-refractivity contribution in [2.75, 3.05) is 37.7 Å². The first kappa shape index (κ1) is 32.8. The van der Waals surface area contributed by atoms with E-state index in [1.807, 2.05) is 32.2 Å². The molecule has 3 aliphatic heterocycles. The van der Waals surface area contributed by atoms with E-state index < -0.39 is 5.82 Å². The number of hydrogen-bond acceptors (Lipinski definition) is 10. The lowest BCUT2D eigenvalue weighted by Gasteiger charge is -2.58. The summed E-state index contributed by atoms with van der Waals surface area (Å²) in [6, 6.07) is 16.1. The number of anilines is 1. The monoisotopic (exact) mass is 699 g/mol. The molecule has 2 aromatic carbocycles. The predicted octanol–water partition coefficient (Wildman–Crippen LogP) is 5.71. The lowest BCUT2D eigenvalue weighted by Crippen LogP contribution is -2.65. The van der Waals surface area contributed by atoms with Crippen LogP contribution in [0.2, 0.25) is 5.28 Å².